The lowest BCUT2D eigenvalue weighted by atomic mass is 10.1. The maximum absolute atomic E-state index is 11.4. The Morgan fingerprint density at radius 1 is 1.38 bits per heavy atom. The van der Waals surface area contributed by atoms with E-state index in [0.29, 0.717) is 13.0 Å². The number of rotatable bonds is 5. The minimum absolute atomic E-state index is 0. The van der Waals surface area contributed by atoms with Gasteiger partial charge in [0, 0.05) is 19.0 Å². The van der Waals surface area contributed by atoms with Crippen LogP contribution in [0.2, 0.25) is 0 Å². The molecule has 4 heteroatoms. The van der Waals surface area contributed by atoms with Gasteiger partial charge in [0.1, 0.15) is 0 Å². The van der Waals surface area contributed by atoms with Crippen molar-refractivity contribution in [3.05, 3.63) is 35.9 Å². The Morgan fingerprint density at radius 2 is 2.00 bits per heavy atom. The molecule has 16 heavy (non-hydrogen) atoms. The van der Waals surface area contributed by atoms with Crippen molar-refractivity contribution in [1.82, 2.24) is 5.32 Å². The minimum atomic E-state index is 0. The predicted octanol–water partition coefficient (Wildman–Crippen LogP) is 1.50. The molecule has 1 atom stereocenters. The largest absolute Gasteiger partial charge is 0.352 e. The van der Waals surface area contributed by atoms with Gasteiger partial charge in [-0.05, 0) is 18.9 Å². The smallest absolute Gasteiger partial charge is 0.220 e. The van der Waals surface area contributed by atoms with Gasteiger partial charge in [0.2, 0.25) is 5.91 Å². The molecule has 0 aliphatic heterocycles. The van der Waals surface area contributed by atoms with Gasteiger partial charge in [0.05, 0.1) is 0 Å². The topological polar surface area (TPSA) is 55.1 Å². The predicted molar refractivity (Wildman–Crippen MR) is 68.7 cm³/mol. The van der Waals surface area contributed by atoms with Crippen LogP contribution in [0, 0.1) is 0 Å². The fourth-order valence-electron chi connectivity index (χ4n) is 1.31. The number of nitrogens with one attached hydrogen (secondary N) is 1. The van der Waals surface area contributed by atoms with E-state index in [2.05, 4.69) is 5.32 Å². The van der Waals surface area contributed by atoms with Crippen LogP contribution >= 0.6 is 12.4 Å². The van der Waals surface area contributed by atoms with Crippen molar-refractivity contribution in [2.75, 3.05) is 6.54 Å². The third-order valence-electron chi connectivity index (χ3n) is 2.24. The van der Waals surface area contributed by atoms with Gasteiger partial charge in [-0.3, -0.25) is 4.79 Å². The fraction of sp³-hybridized carbons (Fsp3) is 0.417. The molecule has 0 bridgehead atoms. The number of carbonyl (C=O) groups is 1. The average molecular weight is 243 g/mol. The third kappa shape index (κ3) is 5.73. The van der Waals surface area contributed by atoms with Crippen molar-refractivity contribution < 1.29 is 4.79 Å². The summed E-state index contributed by atoms with van der Waals surface area (Å²) in [5, 5.41) is 2.84. The van der Waals surface area contributed by atoms with Crippen molar-refractivity contribution in [2.45, 2.75) is 25.8 Å². The molecular formula is C12H19ClN2O. The lowest BCUT2D eigenvalue weighted by Crippen LogP contribution is -2.37. The maximum Gasteiger partial charge on any atom is 0.220 e. The number of aryl methyl sites for hydroxylation is 1. The Balaban J connectivity index is 0.00000225. The summed E-state index contributed by atoms with van der Waals surface area (Å²) in [7, 11) is 0. The van der Waals surface area contributed by atoms with Crippen LogP contribution in [-0.4, -0.2) is 18.5 Å². The molecule has 0 aliphatic carbocycles. The molecule has 0 aromatic heterocycles. The zero-order valence-electron chi connectivity index (χ0n) is 9.48. The Hall–Kier alpha value is -1.06. The quantitative estimate of drug-likeness (QED) is 0.822. The van der Waals surface area contributed by atoms with Crippen molar-refractivity contribution >= 4 is 18.3 Å². The number of carbonyl (C=O) groups excluding carboxylic acids is 1. The normalized spacial score (nSPS) is 11.4. The van der Waals surface area contributed by atoms with Gasteiger partial charge in [-0.2, -0.15) is 0 Å². The summed E-state index contributed by atoms with van der Waals surface area (Å²) in [5.41, 5.74) is 6.60. The summed E-state index contributed by atoms with van der Waals surface area (Å²) in [6.45, 7) is 2.39. The minimum Gasteiger partial charge on any atom is -0.352 e. The molecule has 1 aromatic carbocycles. The second kappa shape index (κ2) is 8.13. The first kappa shape index (κ1) is 14.9. The molecule has 0 aliphatic rings. The summed E-state index contributed by atoms with van der Waals surface area (Å²) < 4.78 is 0. The lowest BCUT2D eigenvalue weighted by molar-refractivity contribution is -0.121. The lowest BCUT2D eigenvalue weighted by Gasteiger charge is -2.10. The monoisotopic (exact) mass is 242 g/mol. The second-order valence-electron chi connectivity index (χ2n) is 3.69. The van der Waals surface area contributed by atoms with E-state index in [1.807, 2.05) is 37.3 Å². The van der Waals surface area contributed by atoms with Crippen LogP contribution in [0.4, 0.5) is 0 Å². The summed E-state index contributed by atoms with van der Waals surface area (Å²) in [4.78, 5) is 11.4. The van der Waals surface area contributed by atoms with Crippen LogP contribution < -0.4 is 11.1 Å². The number of nitrogens with two attached hydrogens (primary N) is 1. The molecule has 0 unspecified atom stereocenters. The van der Waals surface area contributed by atoms with Crippen molar-refractivity contribution in [3.8, 4) is 0 Å². The van der Waals surface area contributed by atoms with Gasteiger partial charge in [-0.25, -0.2) is 0 Å². The third-order valence-corrected chi connectivity index (χ3v) is 2.24. The maximum atomic E-state index is 11.4. The zero-order chi connectivity index (χ0) is 11.1. The van der Waals surface area contributed by atoms with E-state index in [1.54, 1.807) is 0 Å². The van der Waals surface area contributed by atoms with Gasteiger partial charge in [-0.1, -0.05) is 30.3 Å². The molecule has 1 aromatic rings. The Labute approximate surface area is 103 Å². The van der Waals surface area contributed by atoms with E-state index in [-0.39, 0.29) is 24.4 Å². The molecule has 3 N–H and O–H groups in total. The molecule has 0 radical (unpaired) electrons. The molecule has 0 saturated heterocycles. The van der Waals surface area contributed by atoms with Crippen molar-refractivity contribution in [1.29, 1.82) is 0 Å². The van der Waals surface area contributed by atoms with Crippen LogP contribution in [0.5, 0.6) is 0 Å². The summed E-state index contributed by atoms with van der Waals surface area (Å²) >= 11 is 0. The highest BCUT2D eigenvalue weighted by Gasteiger charge is 2.05. The molecule has 90 valence electrons. The average Bonchev–Trinajstić information content (AvgIpc) is 2.27. The SMILES string of the molecule is C[C@@H](CN)NC(=O)CCc1ccccc1.Cl. The first-order valence-electron chi connectivity index (χ1n) is 5.25. The van der Waals surface area contributed by atoms with Crippen LogP contribution in [-0.2, 0) is 11.2 Å². The van der Waals surface area contributed by atoms with Gasteiger partial charge in [0.25, 0.3) is 0 Å². The van der Waals surface area contributed by atoms with Gasteiger partial charge >= 0.3 is 0 Å². The standard InChI is InChI=1S/C12H18N2O.ClH/c1-10(9-13)14-12(15)8-7-11-5-3-2-4-6-11;/h2-6,10H,7-9,13H2,1H3,(H,14,15);1H/t10-;/m0./s1. The van der Waals surface area contributed by atoms with E-state index < -0.39 is 0 Å². The van der Waals surface area contributed by atoms with Crippen LogP contribution in [0.25, 0.3) is 0 Å². The van der Waals surface area contributed by atoms with Crippen LogP contribution in [0.15, 0.2) is 30.3 Å². The molecule has 1 amide bonds. The second-order valence-corrected chi connectivity index (χ2v) is 3.69. The van der Waals surface area contributed by atoms with E-state index in [0.717, 1.165) is 6.42 Å². The molecule has 1 rings (SSSR count). The number of benzene rings is 1. The van der Waals surface area contributed by atoms with Gasteiger partial charge in [0.15, 0.2) is 0 Å². The van der Waals surface area contributed by atoms with Gasteiger partial charge < -0.3 is 11.1 Å². The highest BCUT2D eigenvalue weighted by molar-refractivity contribution is 5.85. The number of halogens is 1. The molecule has 0 fully saturated rings. The summed E-state index contributed by atoms with van der Waals surface area (Å²) in [6.07, 6.45) is 1.30. The fourth-order valence-corrected chi connectivity index (χ4v) is 1.31. The molecule has 3 nitrogen and oxygen atoms in total. The number of hydrogen-bond acceptors (Lipinski definition) is 2. The Kier molecular flexibility index (Phi) is 7.60. The molecule has 0 heterocycles. The number of hydrogen-bond donors (Lipinski definition) is 2. The highest BCUT2D eigenvalue weighted by atomic mass is 35.5. The van der Waals surface area contributed by atoms with E-state index >= 15 is 0 Å². The molecule has 0 saturated carbocycles. The molecular weight excluding hydrogens is 224 g/mol. The zero-order valence-corrected chi connectivity index (χ0v) is 10.3. The van der Waals surface area contributed by atoms with Crippen molar-refractivity contribution in [2.24, 2.45) is 5.73 Å². The first-order valence-corrected chi connectivity index (χ1v) is 5.25. The van der Waals surface area contributed by atoms with E-state index in [4.69, 9.17) is 5.73 Å². The first-order chi connectivity index (χ1) is 7.22. The number of amides is 1. The van der Waals surface area contributed by atoms with E-state index in [1.165, 1.54) is 5.56 Å². The van der Waals surface area contributed by atoms with Crippen LogP contribution in [0.3, 0.4) is 0 Å². The molecule has 0 spiro atoms. The Morgan fingerprint density at radius 3 is 2.56 bits per heavy atom. The van der Waals surface area contributed by atoms with Crippen LogP contribution in [0.1, 0.15) is 18.9 Å². The van der Waals surface area contributed by atoms with Crippen molar-refractivity contribution in [3.63, 3.8) is 0 Å². The van der Waals surface area contributed by atoms with E-state index in [9.17, 15) is 4.79 Å². The summed E-state index contributed by atoms with van der Waals surface area (Å²) in [6, 6.07) is 10.1. The highest BCUT2D eigenvalue weighted by Crippen LogP contribution is 2.02. The van der Waals surface area contributed by atoms with Gasteiger partial charge in [-0.15, -0.1) is 12.4 Å². The Bertz CT molecular complexity index is 303. The summed E-state index contributed by atoms with van der Waals surface area (Å²) in [5.74, 6) is 0.0665.